The first kappa shape index (κ1) is 12.6. The molecule has 17 heavy (non-hydrogen) atoms. The molecule has 1 atom stereocenters. The van der Waals surface area contributed by atoms with Gasteiger partial charge in [0.05, 0.1) is 0 Å². The highest BCUT2D eigenvalue weighted by molar-refractivity contribution is 7.19. The van der Waals surface area contributed by atoms with Gasteiger partial charge < -0.3 is 5.32 Å². The van der Waals surface area contributed by atoms with E-state index in [1.165, 1.54) is 15.0 Å². The van der Waals surface area contributed by atoms with Crippen LogP contribution in [0.1, 0.15) is 38.6 Å². The van der Waals surface area contributed by atoms with Crippen molar-refractivity contribution >= 4 is 21.4 Å². The van der Waals surface area contributed by atoms with E-state index < -0.39 is 0 Å². The fraction of sp³-hybridized carbons (Fsp3) is 0.467. The van der Waals surface area contributed by atoms with Gasteiger partial charge in [-0.2, -0.15) is 0 Å². The van der Waals surface area contributed by atoms with Gasteiger partial charge in [0.2, 0.25) is 0 Å². The lowest BCUT2D eigenvalue weighted by atomic mass is 9.85. The molecule has 1 nitrogen and oxygen atoms in total. The molecule has 0 aliphatic heterocycles. The molecule has 0 radical (unpaired) electrons. The predicted molar refractivity (Wildman–Crippen MR) is 77.7 cm³/mol. The number of nitrogens with one attached hydrogen (secondary N) is 1. The zero-order valence-corrected chi connectivity index (χ0v) is 11.9. The quantitative estimate of drug-likeness (QED) is 0.836. The van der Waals surface area contributed by atoms with Gasteiger partial charge in [0.25, 0.3) is 0 Å². The molecule has 1 aromatic heterocycles. The molecule has 1 heterocycles. The lowest BCUT2D eigenvalue weighted by Gasteiger charge is -2.30. The Labute approximate surface area is 108 Å². The second kappa shape index (κ2) is 4.79. The Bertz CT molecular complexity index is 460. The average molecular weight is 247 g/mol. The van der Waals surface area contributed by atoms with Gasteiger partial charge in [-0.25, -0.2) is 0 Å². The molecule has 0 aliphatic carbocycles. The highest BCUT2D eigenvalue weighted by atomic mass is 32.1. The fourth-order valence-electron chi connectivity index (χ4n) is 2.18. The second-order valence-corrected chi connectivity index (χ2v) is 6.66. The molecule has 0 bridgehead atoms. The van der Waals surface area contributed by atoms with E-state index in [4.69, 9.17) is 0 Å². The van der Waals surface area contributed by atoms with Crippen molar-refractivity contribution in [1.82, 2.24) is 5.32 Å². The summed E-state index contributed by atoms with van der Waals surface area (Å²) < 4.78 is 1.38. The number of fused-ring (bicyclic) bond motifs is 1. The van der Waals surface area contributed by atoms with Gasteiger partial charge in [0, 0.05) is 15.6 Å². The van der Waals surface area contributed by atoms with Crippen LogP contribution in [-0.4, -0.2) is 6.54 Å². The first-order chi connectivity index (χ1) is 8.02. The molecule has 2 aromatic rings. The van der Waals surface area contributed by atoms with Crippen molar-refractivity contribution in [2.75, 3.05) is 6.54 Å². The summed E-state index contributed by atoms with van der Waals surface area (Å²) in [6, 6.07) is 11.4. The molecule has 0 fully saturated rings. The third kappa shape index (κ3) is 2.70. The second-order valence-electron chi connectivity index (χ2n) is 5.54. The largest absolute Gasteiger partial charge is 0.309 e. The Morgan fingerprint density at radius 1 is 1.24 bits per heavy atom. The van der Waals surface area contributed by atoms with Crippen molar-refractivity contribution in [3.63, 3.8) is 0 Å². The molecule has 1 unspecified atom stereocenters. The van der Waals surface area contributed by atoms with Crippen molar-refractivity contribution in [3.8, 4) is 0 Å². The molecule has 2 heteroatoms. The highest BCUT2D eigenvalue weighted by Gasteiger charge is 2.26. The van der Waals surface area contributed by atoms with Gasteiger partial charge in [-0.1, -0.05) is 45.9 Å². The minimum absolute atomic E-state index is 0.247. The number of hydrogen-bond acceptors (Lipinski definition) is 2. The molecule has 1 N–H and O–H groups in total. The summed E-state index contributed by atoms with van der Waals surface area (Å²) in [4.78, 5) is 1.44. The summed E-state index contributed by atoms with van der Waals surface area (Å²) in [6.45, 7) is 10.1. The standard InChI is InChI=1S/C15H21NS/c1-5-16-14(15(2,3)4)13-10-11-8-6-7-9-12(11)17-13/h6-10,14,16H,5H2,1-4H3. The molecular weight excluding hydrogens is 226 g/mol. The van der Waals surface area contributed by atoms with Crippen molar-refractivity contribution in [3.05, 3.63) is 35.2 Å². The van der Waals surface area contributed by atoms with E-state index in [1.54, 1.807) is 0 Å². The maximum atomic E-state index is 3.61. The molecule has 92 valence electrons. The first-order valence-electron chi connectivity index (χ1n) is 6.24. The molecule has 0 saturated carbocycles. The average Bonchev–Trinajstić information content (AvgIpc) is 2.67. The van der Waals surface area contributed by atoms with Gasteiger partial charge in [-0.05, 0) is 29.5 Å². The van der Waals surface area contributed by atoms with Crippen LogP contribution >= 0.6 is 11.3 Å². The first-order valence-corrected chi connectivity index (χ1v) is 7.06. The van der Waals surface area contributed by atoms with E-state index in [1.807, 2.05) is 11.3 Å². The van der Waals surface area contributed by atoms with Crippen LogP contribution in [-0.2, 0) is 0 Å². The molecule has 1 aromatic carbocycles. The number of thiophene rings is 1. The van der Waals surface area contributed by atoms with E-state index in [2.05, 4.69) is 63.3 Å². The molecule has 2 rings (SSSR count). The van der Waals surface area contributed by atoms with E-state index >= 15 is 0 Å². The van der Waals surface area contributed by atoms with Gasteiger partial charge in [0.1, 0.15) is 0 Å². The Hall–Kier alpha value is -0.860. The predicted octanol–water partition coefficient (Wildman–Crippen LogP) is 4.60. The van der Waals surface area contributed by atoms with Gasteiger partial charge in [0.15, 0.2) is 0 Å². The van der Waals surface area contributed by atoms with Crippen LogP contribution < -0.4 is 5.32 Å². The summed E-state index contributed by atoms with van der Waals surface area (Å²) in [5, 5.41) is 4.97. The monoisotopic (exact) mass is 247 g/mol. The van der Waals surface area contributed by atoms with Crippen LogP contribution in [0.3, 0.4) is 0 Å². The van der Waals surface area contributed by atoms with E-state index in [9.17, 15) is 0 Å². The van der Waals surface area contributed by atoms with Crippen LogP contribution in [0.15, 0.2) is 30.3 Å². The van der Waals surface area contributed by atoms with Gasteiger partial charge in [-0.15, -0.1) is 11.3 Å². The number of hydrogen-bond donors (Lipinski definition) is 1. The Balaban J connectivity index is 2.42. The third-order valence-corrected chi connectivity index (χ3v) is 4.18. The summed E-state index contributed by atoms with van der Waals surface area (Å²) in [5.74, 6) is 0. The molecular formula is C15H21NS. The maximum absolute atomic E-state index is 3.61. The fourth-order valence-corrected chi connectivity index (χ4v) is 3.57. The lowest BCUT2D eigenvalue weighted by molar-refractivity contribution is 0.281. The Morgan fingerprint density at radius 2 is 1.94 bits per heavy atom. The molecule has 0 saturated heterocycles. The van der Waals surface area contributed by atoms with Crippen molar-refractivity contribution < 1.29 is 0 Å². The van der Waals surface area contributed by atoms with Crippen molar-refractivity contribution in [2.45, 2.75) is 33.7 Å². The van der Waals surface area contributed by atoms with Crippen molar-refractivity contribution in [1.29, 1.82) is 0 Å². The Kier molecular flexibility index (Phi) is 3.55. The lowest BCUT2D eigenvalue weighted by Crippen LogP contribution is -2.31. The minimum Gasteiger partial charge on any atom is -0.309 e. The topological polar surface area (TPSA) is 12.0 Å². The zero-order chi connectivity index (χ0) is 12.5. The van der Waals surface area contributed by atoms with E-state index in [0.717, 1.165) is 6.54 Å². The zero-order valence-electron chi connectivity index (χ0n) is 11.1. The molecule has 0 spiro atoms. The normalized spacial score (nSPS) is 14.1. The van der Waals surface area contributed by atoms with Crippen LogP contribution in [0.2, 0.25) is 0 Å². The SMILES string of the molecule is CCNC(c1cc2ccccc2s1)C(C)(C)C. The number of benzene rings is 1. The summed E-state index contributed by atoms with van der Waals surface area (Å²) in [5.41, 5.74) is 0.247. The Morgan fingerprint density at radius 3 is 2.53 bits per heavy atom. The summed E-state index contributed by atoms with van der Waals surface area (Å²) >= 11 is 1.91. The van der Waals surface area contributed by atoms with E-state index in [-0.39, 0.29) is 5.41 Å². The van der Waals surface area contributed by atoms with Gasteiger partial charge >= 0.3 is 0 Å². The minimum atomic E-state index is 0.247. The van der Waals surface area contributed by atoms with Crippen LogP contribution in [0.4, 0.5) is 0 Å². The molecule has 0 aliphatic rings. The van der Waals surface area contributed by atoms with Crippen LogP contribution in [0.5, 0.6) is 0 Å². The maximum Gasteiger partial charge on any atom is 0.0464 e. The van der Waals surface area contributed by atoms with Crippen molar-refractivity contribution in [2.24, 2.45) is 5.41 Å². The van der Waals surface area contributed by atoms with Crippen LogP contribution in [0.25, 0.3) is 10.1 Å². The molecule has 0 amide bonds. The van der Waals surface area contributed by atoms with Gasteiger partial charge in [-0.3, -0.25) is 0 Å². The number of rotatable bonds is 3. The summed E-state index contributed by atoms with van der Waals surface area (Å²) in [6.07, 6.45) is 0. The summed E-state index contributed by atoms with van der Waals surface area (Å²) in [7, 11) is 0. The van der Waals surface area contributed by atoms with Crippen LogP contribution in [0, 0.1) is 5.41 Å². The smallest absolute Gasteiger partial charge is 0.0464 e. The van der Waals surface area contributed by atoms with E-state index in [0.29, 0.717) is 6.04 Å². The third-order valence-electron chi connectivity index (χ3n) is 3.00. The highest BCUT2D eigenvalue weighted by Crippen LogP contribution is 2.38.